The number of alkyl carbamates (subject to hydrolysis) is 1. The Morgan fingerprint density at radius 2 is 1.94 bits per heavy atom. The van der Waals surface area contributed by atoms with Gasteiger partial charge < -0.3 is 25.2 Å². The minimum atomic E-state index is -1.14. The fourth-order valence-corrected chi connectivity index (χ4v) is 3.75. The molecular formula is C25H24N6O4. The second-order valence-electron chi connectivity index (χ2n) is 8.95. The molecule has 4 rings (SSSR count). The van der Waals surface area contributed by atoms with Crippen molar-refractivity contribution in [2.45, 2.75) is 32.4 Å². The van der Waals surface area contributed by atoms with Gasteiger partial charge in [-0.05, 0) is 38.5 Å². The van der Waals surface area contributed by atoms with E-state index in [4.69, 9.17) is 11.3 Å². The molecule has 10 nitrogen and oxygen atoms in total. The number of carbonyl (C=O) groups excluding carboxylic acids is 3. The van der Waals surface area contributed by atoms with Crippen LogP contribution in [0.4, 0.5) is 10.5 Å². The number of hydrogen-bond acceptors (Lipinski definition) is 5. The molecule has 0 saturated heterocycles. The van der Waals surface area contributed by atoms with Crippen molar-refractivity contribution in [1.29, 1.82) is 0 Å². The minimum absolute atomic E-state index is 0.278. The van der Waals surface area contributed by atoms with Gasteiger partial charge in [0.05, 0.1) is 17.5 Å². The summed E-state index contributed by atoms with van der Waals surface area (Å²) in [4.78, 5) is 44.4. The van der Waals surface area contributed by atoms with Gasteiger partial charge in [0.25, 0.3) is 11.8 Å². The molecule has 4 N–H and O–H groups in total. The number of amides is 3. The van der Waals surface area contributed by atoms with Crippen LogP contribution in [0.2, 0.25) is 0 Å². The van der Waals surface area contributed by atoms with Crippen LogP contribution in [0, 0.1) is 6.57 Å². The Kier molecular flexibility index (Phi) is 6.25. The van der Waals surface area contributed by atoms with Gasteiger partial charge in [0.1, 0.15) is 5.60 Å². The van der Waals surface area contributed by atoms with Crippen LogP contribution in [0.25, 0.3) is 27.0 Å². The van der Waals surface area contributed by atoms with Gasteiger partial charge in [-0.25, -0.2) is 16.8 Å². The number of carbonyl (C=O) groups is 3. The van der Waals surface area contributed by atoms with Crippen LogP contribution >= 0.6 is 0 Å². The van der Waals surface area contributed by atoms with E-state index in [1.54, 1.807) is 39.1 Å². The number of aromatic amines is 1. The number of nitrogens with zero attached hydrogens (tertiary/aromatic N) is 2. The van der Waals surface area contributed by atoms with Gasteiger partial charge in [0, 0.05) is 22.2 Å². The third kappa shape index (κ3) is 5.14. The smallest absolute Gasteiger partial charge is 0.408 e. The maximum Gasteiger partial charge on any atom is 0.408 e. The molecule has 3 aromatic rings. The van der Waals surface area contributed by atoms with Crippen molar-refractivity contribution in [2.75, 3.05) is 11.9 Å². The number of nitrogens with one attached hydrogen (secondary N) is 4. The van der Waals surface area contributed by atoms with E-state index in [-0.39, 0.29) is 6.54 Å². The number of rotatable bonds is 5. The molecule has 0 radical (unpaired) electrons. The SMILES string of the molecule is [C-]#[N+]C[C@H](NC(=O)OC(C)(C)C)C(=O)Nc1cc2c3c(c(-c4ccccc4)[nH]c3c1)C=NNC2=O. The predicted molar refractivity (Wildman–Crippen MR) is 132 cm³/mol. The largest absolute Gasteiger partial charge is 0.444 e. The molecule has 1 aliphatic heterocycles. The van der Waals surface area contributed by atoms with Crippen molar-refractivity contribution < 1.29 is 19.1 Å². The van der Waals surface area contributed by atoms with Crippen molar-refractivity contribution >= 4 is 40.7 Å². The molecule has 2 heterocycles. The molecule has 1 atom stereocenters. The summed E-state index contributed by atoms with van der Waals surface area (Å²) in [6.45, 7) is 12.0. The van der Waals surface area contributed by atoms with E-state index in [0.29, 0.717) is 22.2 Å². The molecule has 0 aliphatic carbocycles. The Labute approximate surface area is 201 Å². The van der Waals surface area contributed by atoms with E-state index in [0.717, 1.165) is 16.8 Å². The van der Waals surface area contributed by atoms with E-state index in [2.05, 4.69) is 31.0 Å². The van der Waals surface area contributed by atoms with Crippen molar-refractivity contribution in [2.24, 2.45) is 5.10 Å². The van der Waals surface area contributed by atoms with Gasteiger partial charge in [-0.2, -0.15) is 5.10 Å². The molecule has 1 aliphatic rings. The Balaban J connectivity index is 1.68. The first-order chi connectivity index (χ1) is 16.7. The van der Waals surface area contributed by atoms with Crippen molar-refractivity contribution in [3.05, 3.63) is 65.0 Å². The number of aromatic nitrogens is 1. The summed E-state index contributed by atoms with van der Waals surface area (Å²) in [6, 6.07) is 11.7. The molecule has 0 unspecified atom stereocenters. The lowest BCUT2D eigenvalue weighted by Crippen LogP contribution is -2.47. The molecule has 0 bridgehead atoms. The summed E-state index contributed by atoms with van der Waals surface area (Å²) in [5, 5.41) is 9.83. The van der Waals surface area contributed by atoms with Crippen molar-refractivity contribution in [1.82, 2.24) is 15.7 Å². The molecule has 0 saturated carbocycles. The van der Waals surface area contributed by atoms with Crippen LogP contribution in [0.15, 0.2) is 47.6 Å². The Bertz CT molecular complexity index is 1380. The van der Waals surface area contributed by atoms with Crippen LogP contribution in [0.3, 0.4) is 0 Å². The van der Waals surface area contributed by atoms with Gasteiger partial charge in [-0.3, -0.25) is 9.59 Å². The maximum absolute atomic E-state index is 12.9. The van der Waals surface area contributed by atoms with E-state index in [1.807, 2.05) is 30.3 Å². The summed E-state index contributed by atoms with van der Waals surface area (Å²) in [5.41, 5.74) is 5.43. The fraction of sp³-hybridized carbons (Fsp3) is 0.240. The lowest BCUT2D eigenvalue weighted by molar-refractivity contribution is -0.117. The highest BCUT2D eigenvalue weighted by molar-refractivity contribution is 6.18. The Morgan fingerprint density at radius 1 is 1.20 bits per heavy atom. The van der Waals surface area contributed by atoms with E-state index >= 15 is 0 Å². The molecular weight excluding hydrogens is 448 g/mol. The van der Waals surface area contributed by atoms with Gasteiger partial charge in [0.15, 0.2) is 6.04 Å². The average Bonchev–Trinajstić information content (AvgIpc) is 3.07. The summed E-state index contributed by atoms with van der Waals surface area (Å²) in [7, 11) is 0. The zero-order valence-corrected chi connectivity index (χ0v) is 19.4. The summed E-state index contributed by atoms with van der Waals surface area (Å²) in [5.74, 6) is -1.04. The molecule has 1 aromatic heterocycles. The molecule has 35 heavy (non-hydrogen) atoms. The molecule has 10 heteroatoms. The molecule has 0 spiro atoms. The highest BCUT2D eigenvalue weighted by Gasteiger charge is 2.28. The zero-order valence-electron chi connectivity index (χ0n) is 19.4. The third-order valence-electron chi connectivity index (χ3n) is 5.15. The van der Waals surface area contributed by atoms with E-state index in [1.165, 1.54) is 0 Å². The van der Waals surface area contributed by atoms with E-state index in [9.17, 15) is 14.4 Å². The van der Waals surface area contributed by atoms with E-state index < -0.39 is 29.6 Å². The number of ether oxygens (including phenoxy) is 1. The van der Waals surface area contributed by atoms with Crippen LogP contribution < -0.4 is 16.1 Å². The van der Waals surface area contributed by atoms with Crippen molar-refractivity contribution in [3.63, 3.8) is 0 Å². The first kappa shape index (κ1) is 23.5. The van der Waals surface area contributed by atoms with Crippen LogP contribution in [0.1, 0.15) is 36.7 Å². The maximum atomic E-state index is 12.9. The topological polar surface area (TPSA) is 129 Å². The second-order valence-corrected chi connectivity index (χ2v) is 8.95. The van der Waals surface area contributed by atoms with Gasteiger partial charge in [0.2, 0.25) is 6.54 Å². The second kappa shape index (κ2) is 9.30. The summed E-state index contributed by atoms with van der Waals surface area (Å²) in [6.07, 6.45) is 0.783. The monoisotopic (exact) mass is 472 g/mol. The summed E-state index contributed by atoms with van der Waals surface area (Å²) >= 11 is 0. The van der Waals surface area contributed by atoms with Crippen LogP contribution in [-0.2, 0) is 9.53 Å². The minimum Gasteiger partial charge on any atom is -0.444 e. The number of H-pyrrole nitrogens is 1. The lowest BCUT2D eigenvalue weighted by Gasteiger charge is -2.21. The number of benzene rings is 2. The Hall–Kier alpha value is -4.65. The highest BCUT2D eigenvalue weighted by Crippen LogP contribution is 2.34. The molecule has 2 aromatic carbocycles. The first-order valence-electron chi connectivity index (χ1n) is 10.9. The molecule has 0 fully saturated rings. The average molecular weight is 473 g/mol. The normalized spacial score (nSPS) is 13.4. The highest BCUT2D eigenvalue weighted by atomic mass is 16.6. The van der Waals surface area contributed by atoms with Gasteiger partial charge in [-0.1, -0.05) is 30.3 Å². The van der Waals surface area contributed by atoms with Gasteiger partial charge >= 0.3 is 6.09 Å². The quantitative estimate of drug-likeness (QED) is 0.422. The standard InChI is InChI=1S/C25H24N6O4/c1-25(2,3)35-24(34)30-19(13-26-4)23(33)28-15-10-16-20-17(12-27-31-22(16)32)21(29-18(20)11-15)14-8-6-5-7-9-14/h5-12,19,29H,13H2,1-3H3,(H,28,33)(H,30,34)(H,31,32)/t19-/m0/s1. The zero-order chi connectivity index (χ0) is 25.2. The summed E-state index contributed by atoms with van der Waals surface area (Å²) < 4.78 is 5.20. The first-order valence-corrected chi connectivity index (χ1v) is 10.9. The molecule has 3 amide bonds. The number of hydrogen-bond donors (Lipinski definition) is 4. The van der Waals surface area contributed by atoms with Crippen molar-refractivity contribution in [3.8, 4) is 11.3 Å². The third-order valence-corrected chi connectivity index (χ3v) is 5.15. The van der Waals surface area contributed by atoms with Crippen LogP contribution in [-0.4, -0.2) is 47.3 Å². The van der Waals surface area contributed by atoms with Gasteiger partial charge in [-0.15, -0.1) is 0 Å². The number of hydrazone groups is 1. The van der Waals surface area contributed by atoms with Crippen LogP contribution in [0.5, 0.6) is 0 Å². The fourth-order valence-electron chi connectivity index (χ4n) is 3.75. The predicted octanol–water partition coefficient (Wildman–Crippen LogP) is 3.66. The molecule has 178 valence electrons. The lowest BCUT2D eigenvalue weighted by atomic mass is 10.0. The Morgan fingerprint density at radius 3 is 2.63 bits per heavy atom. The number of anilines is 1.